The average Bonchev–Trinajstić information content (AvgIpc) is 2.89. The molecule has 0 aliphatic rings. The highest BCUT2D eigenvalue weighted by Gasteiger charge is 2.15. The van der Waals surface area contributed by atoms with Crippen molar-refractivity contribution in [3.8, 4) is 0 Å². The molecule has 0 saturated heterocycles. The molecule has 0 saturated carbocycles. The van der Waals surface area contributed by atoms with E-state index in [0.29, 0.717) is 6.54 Å². The van der Waals surface area contributed by atoms with Crippen LogP contribution in [0, 0.1) is 13.8 Å². The van der Waals surface area contributed by atoms with Crippen LogP contribution in [-0.4, -0.2) is 28.1 Å². The highest BCUT2D eigenvalue weighted by Crippen LogP contribution is 2.22. The molecule has 2 aromatic rings. The number of thiophene rings is 1. The summed E-state index contributed by atoms with van der Waals surface area (Å²) in [4.78, 5) is 15.8. The summed E-state index contributed by atoms with van der Waals surface area (Å²) in [5, 5.41) is 6.61. The normalized spacial score (nSPS) is 10.5. The Labute approximate surface area is 104 Å². The third kappa shape index (κ3) is 2.55. The van der Waals surface area contributed by atoms with Gasteiger partial charge in [0.1, 0.15) is 0 Å². The van der Waals surface area contributed by atoms with Crippen LogP contribution in [0.3, 0.4) is 0 Å². The lowest BCUT2D eigenvalue weighted by atomic mass is 10.2. The lowest BCUT2D eigenvalue weighted by Gasteiger charge is -2.14. The van der Waals surface area contributed by atoms with E-state index in [-0.39, 0.29) is 5.91 Å². The summed E-state index contributed by atoms with van der Waals surface area (Å²) in [6.07, 6.45) is 3.53. The molecule has 0 spiro atoms. The van der Waals surface area contributed by atoms with Crippen molar-refractivity contribution in [1.29, 1.82) is 0 Å². The molecule has 0 aromatic carbocycles. The van der Waals surface area contributed by atoms with Crippen molar-refractivity contribution in [1.82, 2.24) is 15.1 Å². The molecule has 5 heteroatoms. The summed E-state index contributed by atoms with van der Waals surface area (Å²) < 4.78 is 0. The molecule has 0 atom stereocenters. The van der Waals surface area contributed by atoms with Crippen molar-refractivity contribution < 1.29 is 4.79 Å². The van der Waals surface area contributed by atoms with Gasteiger partial charge in [-0.05, 0) is 25.5 Å². The van der Waals surface area contributed by atoms with Crippen molar-refractivity contribution in [2.24, 2.45) is 0 Å². The van der Waals surface area contributed by atoms with Crippen LogP contribution in [0.25, 0.3) is 0 Å². The Bertz CT molecular complexity index is 496. The number of carbonyl (C=O) groups is 1. The topological polar surface area (TPSA) is 49.0 Å². The lowest BCUT2D eigenvalue weighted by Crippen LogP contribution is -2.25. The summed E-state index contributed by atoms with van der Waals surface area (Å²) in [7, 11) is 1.81. The van der Waals surface area contributed by atoms with Gasteiger partial charge in [0.25, 0.3) is 5.91 Å². The number of aryl methyl sites for hydroxylation is 2. The molecule has 0 radical (unpaired) electrons. The number of nitrogens with one attached hydrogen (secondary N) is 1. The van der Waals surface area contributed by atoms with E-state index in [1.54, 1.807) is 35.7 Å². The molecule has 1 N–H and O–H groups in total. The van der Waals surface area contributed by atoms with Crippen LogP contribution in [0.15, 0.2) is 18.5 Å². The standard InChI is InChI=1S/C12H15N3OS/c1-8-4-11(17-9(8)2)12(16)15(3)7-10-5-13-14-6-10/h4-6H,7H2,1-3H3,(H,13,14). The molecule has 0 unspecified atom stereocenters. The summed E-state index contributed by atoms with van der Waals surface area (Å²) in [6.45, 7) is 4.64. The Hall–Kier alpha value is -1.62. The summed E-state index contributed by atoms with van der Waals surface area (Å²) in [6, 6.07) is 1.95. The number of amides is 1. The molecule has 0 fully saturated rings. The maximum atomic E-state index is 12.1. The molecular formula is C12H15N3OS. The van der Waals surface area contributed by atoms with Crippen LogP contribution in [0.4, 0.5) is 0 Å². The monoisotopic (exact) mass is 249 g/mol. The predicted molar refractivity (Wildman–Crippen MR) is 68.2 cm³/mol. The van der Waals surface area contributed by atoms with Crippen LogP contribution in [0.1, 0.15) is 25.7 Å². The number of hydrogen-bond acceptors (Lipinski definition) is 3. The minimum Gasteiger partial charge on any atom is -0.337 e. The van der Waals surface area contributed by atoms with Gasteiger partial charge in [0.2, 0.25) is 0 Å². The molecular weight excluding hydrogens is 234 g/mol. The van der Waals surface area contributed by atoms with Gasteiger partial charge in [0.15, 0.2) is 0 Å². The predicted octanol–water partition coefficient (Wildman–Crippen LogP) is 2.36. The smallest absolute Gasteiger partial charge is 0.263 e. The first-order valence-corrected chi connectivity index (χ1v) is 6.19. The Balaban J connectivity index is 2.09. The SMILES string of the molecule is Cc1cc(C(=O)N(C)Cc2cn[nH]c2)sc1C. The molecule has 17 heavy (non-hydrogen) atoms. The van der Waals surface area contributed by atoms with E-state index in [2.05, 4.69) is 10.2 Å². The second-order valence-corrected chi connectivity index (χ2v) is 5.37. The second-order valence-electron chi connectivity index (χ2n) is 4.12. The van der Waals surface area contributed by atoms with Crippen LogP contribution in [0.2, 0.25) is 0 Å². The summed E-state index contributed by atoms with van der Waals surface area (Å²) in [5.74, 6) is 0.0624. The molecule has 2 heterocycles. The zero-order chi connectivity index (χ0) is 12.4. The third-order valence-electron chi connectivity index (χ3n) is 2.70. The minimum atomic E-state index is 0.0624. The zero-order valence-corrected chi connectivity index (χ0v) is 11.0. The zero-order valence-electron chi connectivity index (χ0n) is 10.2. The molecule has 90 valence electrons. The van der Waals surface area contributed by atoms with E-state index in [1.807, 2.05) is 19.9 Å². The fourth-order valence-corrected chi connectivity index (χ4v) is 2.61. The quantitative estimate of drug-likeness (QED) is 0.907. The maximum Gasteiger partial charge on any atom is 0.263 e. The highest BCUT2D eigenvalue weighted by atomic mass is 32.1. The largest absolute Gasteiger partial charge is 0.337 e. The van der Waals surface area contributed by atoms with Crippen LogP contribution < -0.4 is 0 Å². The van der Waals surface area contributed by atoms with Crippen molar-refractivity contribution in [3.05, 3.63) is 39.3 Å². The molecule has 4 nitrogen and oxygen atoms in total. The van der Waals surface area contributed by atoms with Gasteiger partial charge >= 0.3 is 0 Å². The number of rotatable bonds is 3. The fraction of sp³-hybridized carbons (Fsp3) is 0.333. The van der Waals surface area contributed by atoms with Gasteiger partial charge in [-0.25, -0.2) is 0 Å². The van der Waals surface area contributed by atoms with Crippen LogP contribution in [-0.2, 0) is 6.54 Å². The van der Waals surface area contributed by atoms with Gasteiger partial charge in [0, 0.05) is 30.2 Å². The van der Waals surface area contributed by atoms with Gasteiger partial charge in [-0.3, -0.25) is 9.89 Å². The highest BCUT2D eigenvalue weighted by molar-refractivity contribution is 7.14. The summed E-state index contributed by atoms with van der Waals surface area (Å²) in [5.41, 5.74) is 2.18. The van der Waals surface area contributed by atoms with Gasteiger partial charge < -0.3 is 4.90 Å². The molecule has 0 aliphatic heterocycles. The van der Waals surface area contributed by atoms with E-state index in [0.717, 1.165) is 10.4 Å². The summed E-state index contributed by atoms with van der Waals surface area (Å²) >= 11 is 1.55. The van der Waals surface area contributed by atoms with Crippen LogP contribution >= 0.6 is 11.3 Å². The van der Waals surface area contributed by atoms with Gasteiger partial charge in [-0.1, -0.05) is 0 Å². The Kier molecular flexibility index (Phi) is 3.28. The van der Waals surface area contributed by atoms with E-state index >= 15 is 0 Å². The van der Waals surface area contributed by atoms with Crippen molar-refractivity contribution in [2.45, 2.75) is 20.4 Å². The Morgan fingerprint density at radius 2 is 2.29 bits per heavy atom. The van der Waals surface area contributed by atoms with Gasteiger partial charge in [-0.15, -0.1) is 11.3 Å². The number of carbonyl (C=O) groups excluding carboxylic acids is 1. The number of aromatic nitrogens is 2. The lowest BCUT2D eigenvalue weighted by molar-refractivity contribution is 0.0790. The fourth-order valence-electron chi connectivity index (χ4n) is 1.58. The van der Waals surface area contributed by atoms with Crippen molar-refractivity contribution in [3.63, 3.8) is 0 Å². The Morgan fingerprint density at radius 3 is 2.82 bits per heavy atom. The minimum absolute atomic E-state index is 0.0624. The van der Waals surface area contributed by atoms with E-state index < -0.39 is 0 Å². The van der Waals surface area contributed by atoms with E-state index in [9.17, 15) is 4.79 Å². The molecule has 2 aromatic heterocycles. The van der Waals surface area contributed by atoms with Crippen LogP contribution in [0.5, 0.6) is 0 Å². The molecule has 0 bridgehead atoms. The van der Waals surface area contributed by atoms with E-state index in [1.165, 1.54) is 10.4 Å². The number of nitrogens with zero attached hydrogens (tertiary/aromatic N) is 2. The first-order chi connectivity index (χ1) is 8.08. The molecule has 0 aliphatic carbocycles. The first-order valence-electron chi connectivity index (χ1n) is 5.38. The van der Waals surface area contributed by atoms with Gasteiger partial charge in [-0.2, -0.15) is 5.10 Å². The number of hydrogen-bond donors (Lipinski definition) is 1. The Morgan fingerprint density at radius 1 is 1.53 bits per heavy atom. The molecule has 2 rings (SSSR count). The van der Waals surface area contributed by atoms with E-state index in [4.69, 9.17) is 0 Å². The molecule has 1 amide bonds. The van der Waals surface area contributed by atoms with Crippen molar-refractivity contribution in [2.75, 3.05) is 7.05 Å². The number of H-pyrrole nitrogens is 1. The average molecular weight is 249 g/mol. The second kappa shape index (κ2) is 4.71. The maximum absolute atomic E-state index is 12.1. The van der Waals surface area contributed by atoms with Gasteiger partial charge in [0.05, 0.1) is 11.1 Å². The number of aromatic amines is 1. The third-order valence-corrected chi connectivity index (χ3v) is 3.84. The first kappa shape index (κ1) is 11.9. The van der Waals surface area contributed by atoms with Crippen molar-refractivity contribution >= 4 is 17.2 Å².